The molecule has 0 saturated carbocycles. The highest BCUT2D eigenvalue weighted by Gasteiger charge is 2.08. The molecule has 1 rings (SSSR count). The van der Waals surface area contributed by atoms with Gasteiger partial charge >= 0.3 is 0 Å². The molecular weight excluding hydrogens is 244 g/mol. The number of benzene rings is 1. The molecule has 1 aromatic rings. The number of carbonyl (C=O) groups excluding carboxylic acids is 3. The van der Waals surface area contributed by atoms with E-state index in [4.69, 9.17) is 0 Å². The number of aryl methyl sites for hydroxylation is 1. The number of anilines is 2. The number of nitrogens with one attached hydrogen (secondary N) is 2. The van der Waals surface area contributed by atoms with Gasteiger partial charge in [-0.1, -0.05) is 13.0 Å². The molecule has 5 nitrogen and oxygen atoms in total. The Kier molecular flexibility index (Phi) is 5.23. The van der Waals surface area contributed by atoms with Crippen molar-refractivity contribution in [3.8, 4) is 0 Å². The SMILES string of the molecule is CCC(=O)Nc1ccc(C)c(NC(=O)CC(C)=O)c1. The van der Waals surface area contributed by atoms with Gasteiger partial charge in [-0.15, -0.1) is 0 Å². The second-order valence-corrected chi connectivity index (χ2v) is 4.36. The summed E-state index contributed by atoms with van der Waals surface area (Å²) in [5.41, 5.74) is 2.09. The number of ketones is 1. The third-order valence-corrected chi connectivity index (χ3v) is 2.53. The second-order valence-electron chi connectivity index (χ2n) is 4.36. The molecule has 1 aromatic carbocycles. The first-order chi connectivity index (χ1) is 8.92. The topological polar surface area (TPSA) is 75.3 Å². The van der Waals surface area contributed by atoms with Crippen LogP contribution in [0.4, 0.5) is 11.4 Å². The number of carbonyl (C=O) groups is 3. The maximum absolute atomic E-state index is 11.5. The summed E-state index contributed by atoms with van der Waals surface area (Å²) in [5, 5.41) is 5.38. The minimum absolute atomic E-state index is 0.0927. The molecule has 0 aliphatic carbocycles. The van der Waals surface area contributed by atoms with E-state index in [2.05, 4.69) is 10.6 Å². The van der Waals surface area contributed by atoms with Gasteiger partial charge in [0.25, 0.3) is 0 Å². The number of rotatable bonds is 5. The van der Waals surface area contributed by atoms with Crippen LogP contribution in [0.25, 0.3) is 0 Å². The van der Waals surface area contributed by atoms with Crippen molar-refractivity contribution in [2.45, 2.75) is 33.6 Å². The average molecular weight is 262 g/mol. The molecular formula is C14H18N2O3. The lowest BCUT2D eigenvalue weighted by Crippen LogP contribution is -2.16. The quantitative estimate of drug-likeness (QED) is 0.799. The highest BCUT2D eigenvalue weighted by Crippen LogP contribution is 2.20. The maximum Gasteiger partial charge on any atom is 0.231 e. The number of hydrogen-bond donors (Lipinski definition) is 2. The lowest BCUT2D eigenvalue weighted by molar-refractivity contribution is -0.124. The van der Waals surface area contributed by atoms with E-state index in [1.807, 2.05) is 6.92 Å². The van der Waals surface area contributed by atoms with E-state index in [-0.39, 0.29) is 24.0 Å². The van der Waals surface area contributed by atoms with Crippen LogP contribution in [0, 0.1) is 6.92 Å². The third kappa shape index (κ3) is 4.91. The Labute approximate surface area is 112 Å². The zero-order valence-electron chi connectivity index (χ0n) is 11.4. The second kappa shape index (κ2) is 6.68. The molecule has 5 heteroatoms. The van der Waals surface area contributed by atoms with Gasteiger partial charge in [0, 0.05) is 17.8 Å². The molecule has 102 valence electrons. The summed E-state index contributed by atoms with van der Waals surface area (Å²) in [6, 6.07) is 5.25. The van der Waals surface area contributed by atoms with E-state index < -0.39 is 0 Å². The van der Waals surface area contributed by atoms with Crippen LogP contribution in [0.2, 0.25) is 0 Å². The fourth-order valence-electron chi connectivity index (χ4n) is 1.50. The lowest BCUT2D eigenvalue weighted by atomic mass is 10.1. The van der Waals surface area contributed by atoms with Gasteiger partial charge < -0.3 is 10.6 Å². The Bertz CT molecular complexity index is 509. The summed E-state index contributed by atoms with van der Waals surface area (Å²) in [6.07, 6.45) is 0.241. The van der Waals surface area contributed by atoms with Crippen LogP contribution in [0.15, 0.2) is 18.2 Å². The monoisotopic (exact) mass is 262 g/mol. The van der Waals surface area contributed by atoms with Crippen LogP contribution >= 0.6 is 0 Å². The Morgan fingerprint density at radius 2 is 1.79 bits per heavy atom. The molecule has 2 N–H and O–H groups in total. The van der Waals surface area contributed by atoms with Gasteiger partial charge in [0.05, 0.1) is 6.42 Å². The molecule has 0 aromatic heterocycles. The van der Waals surface area contributed by atoms with Gasteiger partial charge in [-0.05, 0) is 31.5 Å². The maximum atomic E-state index is 11.5. The smallest absolute Gasteiger partial charge is 0.231 e. The largest absolute Gasteiger partial charge is 0.326 e. The molecule has 0 saturated heterocycles. The van der Waals surface area contributed by atoms with E-state index in [1.54, 1.807) is 25.1 Å². The summed E-state index contributed by atoms with van der Waals surface area (Å²) < 4.78 is 0. The first kappa shape index (κ1) is 14.9. The number of amides is 2. The molecule has 2 amide bonds. The Morgan fingerprint density at radius 1 is 1.11 bits per heavy atom. The van der Waals surface area contributed by atoms with Crippen LogP contribution < -0.4 is 10.6 Å². The minimum Gasteiger partial charge on any atom is -0.326 e. The van der Waals surface area contributed by atoms with Crippen molar-refractivity contribution < 1.29 is 14.4 Å². The molecule has 0 aliphatic heterocycles. The van der Waals surface area contributed by atoms with Gasteiger partial charge in [-0.2, -0.15) is 0 Å². The van der Waals surface area contributed by atoms with Crippen molar-refractivity contribution in [2.75, 3.05) is 10.6 Å². The van der Waals surface area contributed by atoms with Crippen LogP contribution in [0.1, 0.15) is 32.3 Å². The first-order valence-electron chi connectivity index (χ1n) is 6.12. The zero-order chi connectivity index (χ0) is 14.4. The summed E-state index contributed by atoms with van der Waals surface area (Å²) in [5.74, 6) is -0.634. The van der Waals surface area contributed by atoms with Crippen LogP contribution in [-0.2, 0) is 14.4 Å². The normalized spacial score (nSPS) is 9.84. The van der Waals surface area contributed by atoms with Crippen molar-refractivity contribution in [3.63, 3.8) is 0 Å². The van der Waals surface area contributed by atoms with E-state index in [9.17, 15) is 14.4 Å². The number of hydrogen-bond acceptors (Lipinski definition) is 3. The lowest BCUT2D eigenvalue weighted by Gasteiger charge is -2.10. The third-order valence-electron chi connectivity index (χ3n) is 2.53. The van der Waals surface area contributed by atoms with E-state index in [0.29, 0.717) is 17.8 Å². The molecule has 0 atom stereocenters. The van der Waals surface area contributed by atoms with Crippen molar-refractivity contribution in [3.05, 3.63) is 23.8 Å². The Hall–Kier alpha value is -2.17. The van der Waals surface area contributed by atoms with Crippen molar-refractivity contribution in [1.29, 1.82) is 0 Å². The highest BCUT2D eigenvalue weighted by molar-refractivity contribution is 6.04. The predicted molar refractivity (Wildman–Crippen MR) is 74.0 cm³/mol. The molecule has 0 aliphatic rings. The molecule has 0 bridgehead atoms. The average Bonchev–Trinajstić information content (AvgIpc) is 2.32. The zero-order valence-corrected chi connectivity index (χ0v) is 11.4. The summed E-state index contributed by atoms with van der Waals surface area (Å²) in [4.78, 5) is 33.7. The molecule has 0 heterocycles. The Balaban J connectivity index is 2.82. The summed E-state index contributed by atoms with van der Waals surface area (Å²) in [7, 11) is 0. The Morgan fingerprint density at radius 3 is 2.37 bits per heavy atom. The van der Waals surface area contributed by atoms with Crippen molar-refractivity contribution in [1.82, 2.24) is 0 Å². The van der Waals surface area contributed by atoms with Gasteiger partial charge in [-0.25, -0.2) is 0 Å². The number of Topliss-reactive ketones (excluding diaryl/α,β-unsaturated/α-hetero) is 1. The first-order valence-corrected chi connectivity index (χ1v) is 6.12. The van der Waals surface area contributed by atoms with Gasteiger partial charge in [0.1, 0.15) is 5.78 Å². The molecule has 0 fully saturated rings. The molecule has 19 heavy (non-hydrogen) atoms. The van der Waals surface area contributed by atoms with E-state index >= 15 is 0 Å². The minimum atomic E-state index is -0.352. The molecule has 0 spiro atoms. The summed E-state index contributed by atoms with van der Waals surface area (Å²) >= 11 is 0. The van der Waals surface area contributed by atoms with Crippen LogP contribution in [0.5, 0.6) is 0 Å². The fourth-order valence-corrected chi connectivity index (χ4v) is 1.50. The molecule has 0 unspecified atom stereocenters. The van der Waals surface area contributed by atoms with E-state index in [1.165, 1.54) is 6.92 Å². The van der Waals surface area contributed by atoms with Gasteiger partial charge in [0.2, 0.25) is 11.8 Å². The fraction of sp³-hybridized carbons (Fsp3) is 0.357. The summed E-state index contributed by atoms with van der Waals surface area (Å²) in [6.45, 7) is 4.97. The highest BCUT2D eigenvalue weighted by atomic mass is 16.2. The predicted octanol–water partition coefficient (Wildman–Crippen LogP) is 2.26. The standard InChI is InChI=1S/C14H18N2O3/c1-4-13(18)15-11-6-5-9(2)12(8-11)16-14(19)7-10(3)17/h5-6,8H,4,7H2,1-3H3,(H,15,18)(H,16,19). The van der Waals surface area contributed by atoms with E-state index in [0.717, 1.165) is 5.56 Å². The van der Waals surface area contributed by atoms with Gasteiger partial charge in [-0.3, -0.25) is 14.4 Å². The molecule has 0 radical (unpaired) electrons. The van der Waals surface area contributed by atoms with Gasteiger partial charge in [0.15, 0.2) is 0 Å². The van der Waals surface area contributed by atoms with Crippen molar-refractivity contribution in [2.24, 2.45) is 0 Å². The van der Waals surface area contributed by atoms with Crippen LogP contribution in [-0.4, -0.2) is 17.6 Å². The van der Waals surface area contributed by atoms with Crippen LogP contribution in [0.3, 0.4) is 0 Å². The van der Waals surface area contributed by atoms with Crippen molar-refractivity contribution >= 4 is 29.0 Å².